The number of nitrogens with zero attached hydrogens (tertiary/aromatic N) is 1. The molecule has 1 unspecified atom stereocenters. The number of aromatic nitrogens is 1. The van der Waals surface area contributed by atoms with Crippen molar-refractivity contribution < 1.29 is 4.74 Å². The molecule has 2 N–H and O–H groups in total. The van der Waals surface area contributed by atoms with E-state index in [1.807, 2.05) is 13.0 Å². The van der Waals surface area contributed by atoms with E-state index in [1.165, 1.54) is 19.4 Å². The molecule has 1 aliphatic heterocycles. The molecule has 4 nitrogen and oxygen atoms in total. The Balaban J connectivity index is 1.86. The van der Waals surface area contributed by atoms with Crippen LogP contribution in [0.15, 0.2) is 12.3 Å². The molecular weight excluding hydrogens is 214 g/mol. The molecule has 1 saturated heterocycles. The molecule has 0 spiro atoms. The fraction of sp³-hybridized carbons (Fsp3) is 0.615. The Labute approximate surface area is 103 Å². The van der Waals surface area contributed by atoms with Crippen LogP contribution in [0.2, 0.25) is 0 Å². The van der Waals surface area contributed by atoms with Crippen LogP contribution in [0.4, 0.5) is 5.69 Å². The normalized spacial score (nSPS) is 19.3. The number of hydrogen-bond acceptors (Lipinski definition) is 4. The molecule has 1 aromatic rings. The highest BCUT2D eigenvalue weighted by Crippen LogP contribution is 2.23. The van der Waals surface area contributed by atoms with Gasteiger partial charge in [-0.1, -0.05) is 0 Å². The van der Waals surface area contributed by atoms with Gasteiger partial charge in [0, 0.05) is 12.2 Å². The van der Waals surface area contributed by atoms with Gasteiger partial charge in [-0.15, -0.1) is 0 Å². The first-order valence-electron chi connectivity index (χ1n) is 6.25. The number of aryl methyl sites for hydroxylation is 1. The summed E-state index contributed by atoms with van der Waals surface area (Å²) in [6.07, 6.45) is 4.28. The van der Waals surface area contributed by atoms with Crippen molar-refractivity contribution in [2.45, 2.75) is 19.8 Å². The van der Waals surface area contributed by atoms with Crippen molar-refractivity contribution in [3.05, 3.63) is 18.0 Å². The molecule has 1 atom stereocenters. The third-order valence-corrected chi connectivity index (χ3v) is 3.25. The summed E-state index contributed by atoms with van der Waals surface area (Å²) in [5, 5.41) is 6.83. The highest BCUT2D eigenvalue weighted by molar-refractivity contribution is 5.55. The van der Waals surface area contributed by atoms with E-state index in [4.69, 9.17) is 4.74 Å². The second-order valence-corrected chi connectivity index (χ2v) is 4.60. The van der Waals surface area contributed by atoms with Crippen molar-refractivity contribution in [2.24, 2.45) is 5.92 Å². The molecule has 0 amide bonds. The van der Waals surface area contributed by atoms with Crippen LogP contribution in [0.25, 0.3) is 0 Å². The van der Waals surface area contributed by atoms with Gasteiger partial charge in [0.2, 0.25) is 0 Å². The highest BCUT2D eigenvalue weighted by atomic mass is 16.5. The molecule has 0 saturated carbocycles. The number of anilines is 1. The zero-order chi connectivity index (χ0) is 12.1. The minimum absolute atomic E-state index is 0.816. The van der Waals surface area contributed by atoms with Crippen molar-refractivity contribution in [2.75, 3.05) is 32.1 Å². The number of rotatable bonds is 5. The van der Waals surface area contributed by atoms with Crippen molar-refractivity contribution in [1.82, 2.24) is 10.3 Å². The minimum Gasteiger partial charge on any atom is -0.493 e. The molecular formula is C13H21N3O. The van der Waals surface area contributed by atoms with E-state index in [2.05, 4.69) is 15.6 Å². The number of hydrogen-bond donors (Lipinski definition) is 2. The summed E-state index contributed by atoms with van der Waals surface area (Å²) >= 11 is 0. The lowest BCUT2D eigenvalue weighted by atomic mass is 10.1. The van der Waals surface area contributed by atoms with Gasteiger partial charge in [0.25, 0.3) is 0 Å². The average molecular weight is 235 g/mol. The van der Waals surface area contributed by atoms with Crippen LogP contribution in [-0.2, 0) is 0 Å². The smallest absolute Gasteiger partial charge is 0.160 e. The zero-order valence-corrected chi connectivity index (χ0v) is 10.6. The lowest BCUT2D eigenvalue weighted by Crippen LogP contribution is -2.13. The molecule has 1 aromatic heterocycles. The van der Waals surface area contributed by atoms with Crippen molar-refractivity contribution in [3.63, 3.8) is 0 Å². The van der Waals surface area contributed by atoms with E-state index in [-0.39, 0.29) is 0 Å². The molecule has 0 aliphatic carbocycles. The van der Waals surface area contributed by atoms with Crippen molar-refractivity contribution in [3.8, 4) is 5.75 Å². The second kappa shape index (κ2) is 5.87. The van der Waals surface area contributed by atoms with Gasteiger partial charge in [0.05, 0.1) is 19.0 Å². The fourth-order valence-electron chi connectivity index (χ4n) is 2.22. The maximum atomic E-state index is 5.29. The third kappa shape index (κ3) is 3.33. The topological polar surface area (TPSA) is 46.2 Å². The molecule has 0 aromatic carbocycles. The standard InChI is InChI=1S/C13H21N3O/c1-10-7-12(13(17-2)9-16-10)15-6-4-11-3-5-14-8-11/h7,9,11,14H,3-6,8H2,1-2H3,(H,15,16). The molecule has 0 bridgehead atoms. The van der Waals surface area contributed by atoms with Crippen LogP contribution in [-0.4, -0.2) is 31.7 Å². The van der Waals surface area contributed by atoms with Crippen LogP contribution < -0.4 is 15.4 Å². The van der Waals surface area contributed by atoms with E-state index < -0.39 is 0 Å². The second-order valence-electron chi connectivity index (χ2n) is 4.60. The maximum Gasteiger partial charge on any atom is 0.160 e. The molecule has 94 valence electrons. The SMILES string of the molecule is COc1cnc(C)cc1NCCC1CCNC1. The first-order valence-corrected chi connectivity index (χ1v) is 6.25. The van der Waals surface area contributed by atoms with Crippen LogP contribution in [0.5, 0.6) is 5.75 Å². The summed E-state index contributed by atoms with van der Waals surface area (Å²) in [7, 11) is 1.68. The van der Waals surface area contributed by atoms with Gasteiger partial charge >= 0.3 is 0 Å². The molecule has 17 heavy (non-hydrogen) atoms. The summed E-state index contributed by atoms with van der Waals surface area (Å²) in [5.74, 6) is 1.64. The molecule has 2 heterocycles. The van der Waals surface area contributed by atoms with E-state index in [0.717, 1.165) is 36.1 Å². The predicted octanol–water partition coefficient (Wildman–Crippen LogP) is 1.81. The lowest BCUT2D eigenvalue weighted by Gasteiger charge is -2.13. The number of ether oxygens (including phenoxy) is 1. The molecule has 0 radical (unpaired) electrons. The predicted molar refractivity (Wildman–Crippen MR) is 69.6 cm³/mol. The number of methoxy groups -OCH3 is 1. The Kier molecular flexibility index (Phi) is 4.20. The Hall–Kier alpha value is -1.29. The maximum absolute atomic E-state index is 5.29. The zero-order valence-electron chi connectivity index (χ0n) is 10.6. The van der Waals surface area contributed by atoms with E-state index >= 15 is 0 Å². The van der Waals surface area contributed by atoms with Crippen LogP contribution in [0, 0.1) is 12.8 Å². The Morgan fingerprint density at radius 3 is 3.18 bits per heavy atom. The monoisotopic (exact) mass is 235 g/mol. The lowest BCUT2D eigenvalue weighted by molar-refractivity contribution is 0.414. The van der Waals surface area contributed by atoms with Gasteiger partial charge in [0.1, 0.15) is 0 Å². The Morgan fingerprint density at radius 2 is 2.47 bits per heavy atom. The van der Waals surface area contributed by atoms with Crippen molar-refractivity contribution in [1.29, 1.82) is 0 Å². The number of pyridine rings is 1. The first-order chi connectivity index (χ1) is 8.29. The van der Waals surface area contributed by atoms with Crippen LogP contribution >= 0.6 is 0 Å². The fourth-order valence-corrected chi connectivity index (χ4v) is 2.22. The van der Waals surface area contributed by atoms with Gasteiger partial charge < -0.3 is 15.4 Å². The average Bonchev–Trinajstić information content (AvgIpc) is 2.82. The van der Waals surface area contributed by atoms with E-state index in [1.54, 1.807) is 13.3 Å². The van der Waals surface area contributed by atoms with Gasteiger partial charge in [-0.25, -0.2) is 0 Å². The summed E-state index contributed by atoms with van der Waals surface area (Å²) < 4.78 is 5.29. The quantitative estimate of drug-likeness (QED) is 0.817. The van der Waals surface area contributed by atoms with Crippen LogP contribution in [0.1, 0.15) is 18.5 Å². The van der Waals surface area contributed by atoms with Gasteiger partial charge in [0.15, 0.2) is 5.75 Å². The summed E-state index contributed by atoms with van der Waals surface area (Å²) in [5.41, 5.74) is 2.06. The molecule has 1 aliphatic rings. The first kappa shape index (κ1) is 12.2. The minimum atomic E-state index is 0.816. The Morgan fingerprint density at radius 1 is 1.59 bits per heavy atom. The van der Waals surface area contributed by atoms with E-state index in [0.29, 0.717) is 0 Å². The van der Waals surface area contributed by atoms with E-state index in [9.17, 15) is 0 Å². The molecule has 4 heteroatoms. The third-order valence-electron chi connectivity index (χ3n) is 3.25. The number of nitrogens with one attached hydrogen (secondary N) is 2. The van der Waals surface area contributed by atoms with Crippen LogP contribution in [0.3, 0.4) is 0 Å². The molecule has 1 fully saturated rings. The Bertz CT molecular complexity index is 362. The summed E-state index contributed by atoms with van der Waals surface area (Å²) in [6, 6.07) is 2.03. The molecule has 2 rings (SSSR count). The van der Waals surface area contributed by atoms with Gasteiger partial charge in [-0.05, 0) is 44.8 Å². The van der Waals surface area contributed by atoms with Gasteiger partial charge in [-0.2, -0.15) is 0 Å². The van der Waals surface area contributed by atoms with Gasteiger partial charge in [-0.3, -0.25) is 4.98 Å². The summed E-state index contributed by atoms with van der Waals surface area (Å²) in [4.78, 5) is 4.22. The highest BCUT2D eigenvalue weighted by Gasteiger charge is 2.13. The summed E-state index contributed by atoms with van der Waals surface area (Å²) in [6.45, 7) is 5.31. The van der Waals surface area contributed by atoms with Crippen molar-refractivity contribution >= 4 is 5.69 Å². The largest absolute Gasteiger partial charge is 0.493 e.